The van der Waals surface area contributed by atoms with Gasteiger partial charge in [-0.2, -0.15) is 0 Å². The number of rotatable bonds is 5. The lowest BCUT2D eigenvalue weighted by molar-refractivity contribution is -0.389. The third-order valence-electron chi connectivity index (χ3n) is 3.78. The van der Waals surface area contributed by atoms with Gasteiger partial charge in [-0.1, -0.05) is 6.92 Å². The second-order valence-corrected chi connectivity index (χ2v) is 5.08. The van der Waals surface area contributed by atoms with Crippen LogP contribution in [0.2, 0.25) is 0 Å². The molecule has 2 rings (SSSR count). The van der Waals surface area contributed by atoms with Gasteiger partial charge >= 0.3 is 5.82 Å². The van der Waals surface area contributed by atoms with Crippen molar-refractivity contribution in [1.82, 2.24) is 14.5 Å². The van der Waals surface area contributed by atoms with E-state index in [2.05, 4.69) is 4.98 Å². The molecule has 1 saturated heterocycles. The maximum Gasteiger partial charge on any atom is 0.381 e. The van der Waals surface area contributed by atoms with Crippen molar-refractivity contribution in [3.8, 4) is 0 Å². The van der Waals surface area contributed by atoms with Crippen molar-refractivity contribution >= 4 is 11.7 Å². The first-order chi connectivity index (χ1) is 9.52. The van der Waals surface area contributed by atoms with Crippen LogP contribution in [0.3, 0.4) is 0 Å². The number of aromatic nitrogens is 2. The fourth-order valence-electron chi connectivity index (χ4n) is 2.53. The highest BCUT2D eigenvalue weighted by Crippen LogP contribution is 2.24. The zero-order valence-electron chi connectivity index (χ0n) is 11.3. The van der Waals surface area contributed by atoms with Crippen LogP contribution in [0, 0.1) is 16.0 Å². The molecular weight excluding hydrogens is 264 g/mol. The van der Waals surface area contributed by atoms with Crippen LogP contribution in [0.1, 0.15) is 19.8 Å². The van der Waals surface area contributed by atoms with Gasteiger partial charge in [0.2, 0.25) is 12.2 Å². The van der Waals surface area contributed by atoms with Crippen LogP contribution in [-0.4, -0.2) is 49.6 Å². The van der Waals surface area contributed by atoms with Crippen LogP contribution in [0.4, 0.5) is 5.82 Å². The summed E-state index contributed by atoms with van der Waals surface area (Å²) in [5, 5.41) is 19.8. The Labute approximate surface area is 116 Å². The minimum atomic E-state index is -0.567. The first-order valence-electron chi connectivity index (χ1n) is 6.59. The average Bonchev–Trinajstić information content (AvgIpc) is 3.02. The third-order valence-corrected chi connectivity index (χ3v) is 3.78. The molecule has 1 fully saturated rings. The average molecular weight is 282 g/mol. The number of amides is 1. The van der Waals surface area contributed by atoms with Gasteiger partial charge in [0.15, 0.2) is 0 Å². The molecule has 8 nitrogen and oxygen atoms in total. The molecule has 1 aromatic rings. The van der Waals surface area contributed by atoms with Gasteiger partial charge in [0.25, 0.3) is 0 Å². The fourth-order valence-corrected chi connectivity index (χ4v) is 2.53. The summed E-state index contributed by atoms with van der Waals surface area (Å²) < 4.78 is 1.53. The van der Waals surface area contributed by atoms with E-state index in [0.29, 0.717) is 19.0 Å². The molecule has 20 heavy (non-hydrogen) atoms. The Morgan fingerprint density at radius 3 is 3.00 bits per heavy atom. The smallest absolute Gasteiger partial charge is 0.381 e. The molecule has 0 aromatic carbocycles. The summed E-state index contributed by atoms with van der Waals surface area (Å²) in [6.45, 7) is 3.01. The monoisotopic (exact) mass is 282 g/mol. The van der Waals surface area contributed by atoms with Crippen LogP contribution in [0.25, 0.3) is 0 Å². The van der Waals surface area contributed by atoms with Crippen LogP contribution in [0.5, 0.6) is 0 Å². The summed E-state index contributed by atoms with van der Waals surface area (Å²) in [6, 6.07) is -0.111. The molecule has 0 radical (unpaired) electrons. The Bertz CT molecular complexity index is 501. The standard InChI is InChI=1S/C12H18N4O4/c1-9-2-5-15(10(9)7-17)12(18)3-4-14-6-11(13-8-14)16(19)20/h6,8-10,17H,2-5,7H2,1H3. The van der Waals surface area contributed by atoms with Crippen molar-refractivity contribution in [2.45, 2.75) is 32.4 Å². The van der Waals surface area contributed by atoms with E-state index in [1.165, 1.54) is 17.1 Å². The van der Waals surface area contributed by atoms with Crippen LogP contribution < -0.4 is 0 Å². The van der Waals surface area contributed by atoms with E-state index >= 15 is 0 Å². The maximum absolute atomic E-state index is 12.1. The fraction of sp³-hybridized carbons (Fsp3) is 0.667. The van der Waals surface area contributed by atoms with Crippen LogP contribution >= 0.6 is 0 Å². The number of carbonyl (C=O) groups is 1. The molecule has 2 heterocycles. The van der Waals surface area contributed by atoms with Gasteiger partial charge in [0.05, 0.1) is 12.6 Å². The number of carbonyl (C=O) groups excluding carboxylic acids is 1. The van der Waals surface area contributed by atoms with Gasteiger partial charge in [-0.3, -0.25) is 4.79 Å². The first kappa shape index (κ1) is 14.4. The highest BCUT2D eigenvalue weighted by Gasteiger charge is 2.33. The molecule has 0 aliphatic carbocycles. The molecule has 2 atom stereocenters. The SMILES string of the molecule is CC1CCN(C(=O)CCn2cnc([N+](=O)[O-])c2)C1CO. The lowest BCUT2D eigenvalue weighted by atomic mass is 10.0. The molecule has 110 valence electrons. The van der Waals surface area contributed by atoms with E-state index in [9.17, 15) is 20.0 Å². The Morgan fingerprint density at radius 2 is 2.40 bits per heavy atom. The van der Waals surface area contributed by atoms with Gasteiger partial charge in [0.1, 0.15) is 6.20 Å². The molecule has 2 unspecified atom stereocenters. The summed E-state index contributed by atoms with van der Waals surface area (Å²) >= 11 is 0. The van der Waals surface area contributed by atoms with E-state index in [-0.39, 0.29) is 30.8 Å². The van der Waals surface area contributed by atoms with Crippen LogP contribution in [0.15, 0.2) is 12.5 Å². The first-order valence-corrected chi connectivity index (χ1v) is 6.59. The quantitative estimate of drug-likeness (QED) is 0.622. The van der Waals surface area contributed by atoms with Crippen molar-refractivity contribution in [3.63, 3.8) is 0 Å². The van der Waals surface area contributed by atoms with E-state index < -0.39 is 4.92 Å². The van der Waals surface area contributed by atoms with Crippen molar-refractivity contribution in [2.75, 3.05) is 13.2 Å². The largest absolute Gasteiger partial charge is 0.394 e. The highest BCUT2D eigenvalue weighted by molar-refractivity contribution is 5.76. The second-order valence-electron chi connectivity index (χ2n) is 5.08. The van der Waals surface area contributed by atoms with E-state index in [0.717, 1.165) is 6.42 Å². The molecule has 0 spiro atoms. The van der Waals surface area contributed by atoms with Crippen molar-refractivity contribution in [1.29, 1.82) is 0 Å². The summed E-state index contributed by atoms with van der Waals surface area (Å²) in [4.78, 5) is 27.4. The summed E-state index contributed by atoms with van der Waals surface area (Å²) in [5.74, 6) is 0.0449. The number of nitro groups is 1. The number of nitrogens with zero attached hydrogens (tertiary/aromatic N) is 4. The topological polar surface area (TPSA) is 102 Å². The third kappa shape index (κ3) is 2.96. The minimum Gasteiger partial charge on any atom is -0.394 e. The predicted octanol–water partition coefficient (Wildman–Crippen LogP) is 0.411. The normalized spacial score (nSPS) is 22.2. The summed E-state index contributed by atoms with van der Waals surface area (Å²) in [6.07, 6.45) is 3.80. The van der Waals surface area contributed by atoms with Crippen LogP contribution in [-0.2, 0) is 11.3 Å². The summed E-state index contributed by atoms with van der Waals surface area (Å²) in [7, 11) is 0. The zero-order valence-corrected chi connectivity index (χ0v) is 11.3. The van der Waals surface area contributed by atoms with Gasteiger partial charge < -0.3 is 24.7 Å². The number of aliphatic hydroxyl groups is 1. The second kappa shape index (κ2) is 6.00. The van der Waals surface area contributed by atoms with Gasteiger partial charge in [0, 0.05) is 19.5 Å². The molecule has 1 aromatic heterocycles. The number of hydrogen-bond donors (Lipinski definition) is 1. The molecule has 1 aliphatic heterocycles. The van der Waals surface area contributed by atoms with E-state index in [4.69, 9.17) is 0 Å². The zero-order chi connectivity index (χ0) is 14.7. The van der Waals surface area contributed by atoms with Crippen molar-refractivity contribution in [2.24, 2.45) is 5.92 Å². The van der Waals surface area contributed by atoms with Crippen molar-refractivity contribution in [3.05, 3.63) is 22.6 Å². The van der Waals surface area contributed by atoms with Gasteiger partial charge in [-0.05, 0) is 22.2 Å². The van der Waals surface area contributed by atoms with Gasteiger partial charge in [-0.25, -0.2) is 0 Å². The molecule has 1 amide bonds. The maximum atomic E-state index is 12.1. The molecule has 8 heteroatoms. The molecule has 0 saturated carbocycles. The minimum absolute atomic E-state index is 0.0244. The Kier molecular flexibility index (Phi) is 4.33. The number of imidazole rings is 1. The Balaban J connectivity index is 1.90. The Morgan fingerprint density at radius 1 is 1.65 bits per heavy atom. The lowest BCUT2D eigenvalue weighted by Gasteiger charge is -2.25. The molecule has 1 aliphatic rings. The predicted molar refractivity (Wildman–Crippen MR) is 69.9 cm³/mol. The lowest BCUT2D eigenvalue weighted by Crippen LogP contribution is -2.40. The summed E-state index contributed by atoms with van der Waals surface area (Å²) in [5.41, 5.74) is 0. The van der Waals surface area contributed by atoms with Crippen molar-refractivity contribution < 1.29 is 14.8 Å². The number of hydrogen-bond acceptors (Lipinski definition) is 5. The number of likely N-dealkylation sites (tertiary alicyclic amines) is 1. The van der Waals surface area contributed by atoms with Gasteiger partial charge in [-0.15, -0.1) is 0 Å². The van der Waals surface area contributed by atoms with E-state index in [1.807, 2.05) is 6.92 Å². The highest BCUT2D eigenvalue weighted by atomic mass is 16.6. The number of aryl methyl sites for hydroxylation is 1. The van der Waals surface area contributed by atoms with E-state index in [1.54, 1.807) is 4.90 Å². The number of aliphatic hydroxyl groups excluding tert-OH is 1. The molecular formula is C12H18N4O4. The molecule has 0 bridgehead atoms. The Hall–Kier alpha value is -1.96. The molecule has 1 N–H and O–H groups in total.